The standard InChI is InChI=1S/C14H7BrF6N2OS/c15-7-3-6(16)4-10(23-13(22)25)11(7)24-12-8(17)1-5(2-9(12)18)14(19,20)21/h1-4H,(H3,22,23,25). The molecule has 0 saturated carbocycles. The van der Waals surface area contributed by atoms with Gasteiger partial charge < -0.3 is 15.8 Å². The third-order valence-corrected chi connectivity index (χ3v) is 3.49. The SMILES string of the molecule is NC(=S)Nc1cc(F)cc(Br)c1Oc1c(F)cc(C(F)(F)F)cc1F. The molecule has 11 heteroatoms. The van der Waals surface area contributed by atoms with Crippen LogP contribution in [0.2, 0.25) is 0 Å². The summed E-state index contributed by atoms with van der Waals surface area (Å²) in [5, 5.41) is 2.04. The molecule has 0 heterocycles. The maximum absolute atomic E-state index is 13.9. The Labute approximate surface area is 150 Å². The van der Waals surface area contributed by atoms with Gasteiger partial charge in [-0.05, 0) is 46.3 Å². The predicted molar refractivity (Wildman–Crippen MR) is 85.9 cm³/mol. The molecular formula is C14H7BrF6N2OS. The van der Waals surface area contributed by atoms with Crippen LogP contribution in [0.1, 0.15) is 5.56 Å². The van der Waals surface area contributed by atoms with Crippen molar-refractivity contribution in [3.05, 3.63) is 51.8 Å². The van der Waals surface area contributed by atoms with E-state index in [0.717, 1.165) is 12.1 Å². The van der Waals surface area contributed by atoms with Crippen LogP contribution in [-0.2, 0) is 6.18 Å². The van der Waals surface area contributed by atoms with Gasteiger partial charge in [0, 0.05) is 6.07 Å². The van der Waals surface area contributed by atoms with Gasteiger partial charge in [0.25, 0.3) is 0 Å². The summed E-state index contributed by atoms with van der Waals surface area (Å²) < 4.78 is 83.9. The predicted octanol–water partition coefficient (Wildman–Crippen LogP) is 5.33. The lowest BCUT2D eigenvalue weighted by molar-refractivity contribution is -0.138. The first-order valence-electron chi connectivity index (χ1n) is 6.28. The number of rotatable bonds is 3. The number of ether oxygens (including phenoxy) is 1. The van der Waals surface area contributed by atoms with Crippen molar-refractivity contribution in [2.75, 3.05) is 5.32 Å². The Kier molecular flexibility index (Phi) is 5.47. The van der Waals surface area contributed by atoms with Gasteiger partial charge in [-0.1, -0.05) is 0 Å². The second-order valence-electron chi connectivity index (χ2n) is 4.62. The van der Waals surface area contributed by atoms with E-state index in [1.54, 1.807) is 0 Å². The van der Waals surface area contributed by atoms with Gasteiger partial charge in [0.1, 0.15) is 5.82 Å². The third kappa shape index (κ3) is 4.54. The first-order valence-corrected chi connectivity index (χ1v) is 7.48. The monoisotopic (exact) mass is 444 g/mol. The summed E-state index contributed by atoms with van der Waals surface area (Å²) in [4.78, 5) is 0. The van der Waals surface area contributed by atoms with Crippen LogP contribution < -0.4 is 15.8 Å². The number of alkyl halides is 3. The van der Waals surface area contributed by atoms with Crippen molar-refractivity contribution in [3.8, 4) is 11.5 Å². The number of hydrogen-bond donors (Lipinski definition) is 2. The lowest BCUT2D eigenvalue weighted by Gasteiger charge is -2.16. The Morgan fingerprint density at radius 1 is 1.04 bits per heavy atom. The number of hydrogen-bond acceptors (Lipinski definition) is 2. The fraction of sp³-hybridized carbons (Fsp3) is 0.0714. The third-order valence-electron chi connectivity index (χ3n) is 2.80. The van der Waals surface area contributed by atoms with Crippen LogP contribution >= 0.6 is 28.1 Å². The minimum Gasteiger partial charge on any atom is -0.448 e. The van der Waals surface area contributed by atoms with Gasteiger partial charge in [-0.15, -0.1) is 0 Å². The van der Waals surface area contributed by atoms with E-state index in [-0.39, 0.29) is 33.2 Å². The molecule has 0 aliphatic rings. The summed E-state index contributed by atoms with van der Waals surface area (Å²) in [6, 6.07) is 1.95. The van der Waals surface area contributed by atoms with E-state index in [0.29, 0.717) is 0 Å². The van der Waals surface area contributed by atoms with Crippen molar-refractivity contribution < 1.29 is 31.1 Å². The molecule has 0 spiro atoms. The van der Waals surface area contributed by atoms with Gasteiger partial charge in [-0.3, -0.25) is 0 Å². The van der Waals surface area contributed by atoms with Crippen molar-refractivity contribution in [1.29, 1.82) is 0 Å². The van der Waals surface area contributed by atoms with Crippen molar-refractivity contribution in [1.82, 2.24) is 0 Å². The van der Waals surface area contributed by atoms with Gasteiger partial charge in [0.05, 0.1) is 15.7 Å². The van der Waals surface area contributed by atoms with Gasteiger partial charge >= 0.3 is 6.18 Å². The van der Waals surface area contributed by atoms with Crippen LogP contribution in [0.4, 0.5) is 32.0 Å². The number of thiocarbonyl (C=S) groups is 1. The second-order valence-corrected chi connectivity index (χ2v) is 5.92. The van der Waals surface area contributed by atoms with Crippen LogP contribution in [0, 0.1) is 17.5 Å². The molecule has 2 aromatic carbocycles. The Bertz CT molecular complexity index is 820. The van der Waals surface area contributed by atoms with Crippen LogP contribution in [0.5, 0.6) is 11.5 Å². The van der Waals surface area contributed by atoms with E-state index in [9.17, 15) is 26.3 Å². The molecule has 3 nitrogen and oxygen atoms in total. The highest BCUT2D eigenvalue weighted by Crippen LogP contribution is 2.41. The van der Waals surface area contributed by atoms with E-state index < -0.39 is 34.9 Å². The molecule has 2 aromatic rings. The minimum absolute atomic E-state index is 0.0788. The molecule has 0 fully saturated rings. The molecule has 0 amide bonds. The molecule has 134 valence electrons. The first kappa shape index (κ1) is 19.3. The molecule has 2 rings (SSSR count). The first-order chi connectivity index (χ1) is 11.5. The quantitative estimate of drug-likeness (QED) is 0.495. The summed E-state index contributed by atoms with van der Waals surface area (Å²) in [7, 11) is 0. The maximum Gasteiger partial charge on any atom is 0.416 e. The summed E-state index contributed by atoms with van der Waals surface area (Å²) in [6.45, 7) is 0. The fourth-order valence-corrected chi connectivity index (χ4v) is 2.44. The molecule has 25 heavy (non-hydrogen) atoms. The molecule has 0 bridgehead atoms. The van der Waals surface area contributed by atoms with Gasteiger partial charge in [-0.25, -0.2) is 13.2 Å². The number of nitrogens with two attached hydrogens (primary N) is 1. The maximum atomic E-state index is 13.9. The van der Waals surface area contributed by atoms with E-state index in [1.807, 2.05) is 0 Å². The average Bonchev–Trinajstić information content (AvgIpc) is 2.42. The van der Waals surface area contributed by atoms with Crippen molar-refractivity contribution >= 4 is 38.9 Å². The van der Waals surface area contributed by atoms with Crippen LogP contribution in [0.25, 0.3) is 0 Å². The highest BCUT2D eigenvalue weighted by molar-refractivity contribution is 9.10. The van der Waals surface area contributed by atoms with Gasteiger partial charge in [0.2, 0.25) is 0 Å². The molecule has 0 unspecified atom stereocenters. The highest BCUT2D eigenvalue weighted by Gasteiger charge is 2.33. The normalized spacial score (nSPS) is 11.3. The second kappa shape index (κ2) is 7.08. The summed E-state index contributed by atoms with van der Waals surface area (Å²) >= 11 is 7.52. The summed E-state index contributed by atoms with van der Waals surface area (Å²) in [6.07, 6.45) is -4.94. The zero-order chi connectivity index (χ0) is 18.9. The van der Waals surface area contributed by atoms with Crippen LogP contribution in [0.15, 0.2) is 28.7 Å². The van der Waals surface area contributed by atoms with Crippen LogP contribution in [-0.4, -0.2) is 5.11 Å². The van der Waals surface area contributed by atoms with Crippen molar-refractivity contribution in [3.63, 3.8) is 0 Å². The smallest absolute Gasteiger partial charge is 0.416 e. The lowest BCUT2D eigenvalue weighted by atomic mass is 10.2. The molecule has 0 atom stereocenters. The topological polar surface area (TPSA) is 47.3 Å². The molecule has 0 aliphatic carbocycles. The van der Waals surface area contributed by atoms with E-state index in [2.05, 4.69) is 33.5 Å². The number of nitrogens with one attached hydrogen (secondary N) is 1. The molecular weight excluding hydrogens is 438 g/mol. The number of benzene rings is 2. The van der Waals surface area contributed by atoms with E-state index in [4.69, 9.17) is 10.5 Å². The Hall–Kier alpha value is -2.01. The fourth-order valence-electron chi connectivity index (χ4n) is 1.81. The highest BCUT2D eigenvalue weighted by atomic mass is 79.9. The van der Waals surface area contributed by atoms with Crippen molar-refractivity contribution in [2.45, 2.75) is 6.18 Å². The lowest BCUT2D eigenvalue weighted by Crippen LogP contribution is -2.19. The molecule has 0 aliphatic heterocycles. The van der Waals surface area contributed by atoms with Gasteiger partial charge in [-0.2, -0.15) is 13.2 Å². The number of anilines is 1. The Balaban J connectivity index is 2.52. The summed E-state index contributed by atoms with van der Waals surface area (Å²) in [5.74, 6) is -5.38. The average molecular weight is 445 g/mol. The zero-order valence-electron chi connectivity index (χ0n) is 11.8. The zero-order valence-corrected chi connectivity index (χ0v) is 14.3. The minimum atomic E-state index is -4.94. The Morgan fingerprint density at radius 3 is 2.08 bits per heavy atom. The van der Waals surface area contributed by atoms with Crippen LogP contribution in [0.3, 0.4) is 0 Å². The largest absolute Gasteiger partial charge is 0.448 e. The summed E-state index contributed by atoms with van der Waals surface area (Å²) in [5.41, 5.74) is 3.57. The van der Waals surface area contributed by atoms with Crippen molar-refractivity contribution in [2.24, 2.45) is 5.73 Å². The van der Waals surface area contributed by atoms with Gasteiger partial charge in [0.15, 0.2) is 28.2 Å². The molecule has 0 aromatic heterocycles. The molecule has 0 radical (unpaired) electrons. The van der Waals surface area contributed by atoms with E-state index in [1.165, 1.54) is 0 Å². The molecule has 3 N–H and O–H groups in total. The number of halogens is 7. The Morgan fingerprint density at radius 2 is 1.60 bits per heavy atom. The molecule has 0 saturated heterocycles. The van der Waals surface area contributed by atoms with E-state index >= 15 is 0 Å².